The van der Waals surface area contributed by atoms with Crippen LogP contribution in [0, 0.1) is 0 Å². The molecule has 3 heterocycles. The summed E-state index contributed by atoms with van der Waals surface area (Å²) in [5.41, 5.74) is 4.05. The van der Waals surface area contributed by atoms with E-state index in [9.17, 15) is 4.79 Å². The van der Waals surface area contributed by atoms with Gasteiger partial charge in [0.25, 0.3) is 5.91 Å². The maximum absolute atomic E-state index is 12.9. The fourth-order valence-electron chi connectivity index (χ4n) is 4.04. The van der Waals surface area contributed by atoms with Gasteiger partial charge in [0.2, 0.25) is 0 Å². The molecule has 0 saturated carbocycles. The molecule has 1 aliphatic heterocycles. The average Bonchev–Trinajstić information content (AvgIpc) is 3.38. The van der Waals surface area contributed by atoms with Crippen LogP contribution >= 0.6 is 11.3 Å². The van der Waals surface area contributed by atoms with Gasteiger partial charge in [0, 0.05) is 42.7 Å². The van der Waals surface area contributed by atoms with Crippen molar-refractivity contribution >= 4 is 34.0 Å². The lowest BCUT2D eigenvalue weighted by molar-refractivity contribution is 0.0746. The summed E-state index contributed by atoms with van der Waals surface area (Å²) in [5, 5.41) is 5.39. The van der Waals surface area contributed by atoms with E-state index in [1.165, 1.54) is 5.56 Å². The van der Waals surface area contributed by atoms with Gasteiger partial charge >= 0.3 is 0 Å². The summed E-state index contributed by atoms with van der Waals surface area (Å²) >= 11 is 1.70. The lowest BCUT2D eigenvalue weighted by atomic mass is 10.0. The van der Waals surface area contributed by atoms with Crippen molar-refractivity contribution < 1.29 is 9.53 Å². The van der Waals surface area contributed by atoms with Gasteiger partial charge < -0.3 is 14.5 Å². The van der Waals surface area contributed by atoms with Crippen molar-refractivity contribution in [2.24, 2.45) is 0 Å². The van der Waals surface area contributed by atoms with E-state index in [0.29, 0.717) is 24.4 Å². The van der Waals surface area contributed by atoms with Crippen LogP contribution in [0.3, 0.4) is 0 Å². The SMILES string of the molecule is COc1cccc(C(=O)N2CCN(c3ccc4cccc(-c5ccsc5)c4n3)CC2)c1. The fraction of sp³-hybridized carbons (Fsp3) is 0.200. The van der Waals surface area contributed by atoms with Gasteiger partial charge in [-0.25, -0.2) is 4.98 Å². The van der Waals surface area contributed by atoms with Gasteiger partial charge in [-0.15, -0.1) is 0 Å². The minimum Gasteiger partial charge on any atom is -0.497 e. The number of anilines is 1. The second-order valence-electron chi connectivity index (χ2n) is 7.57. The summed E-state index contributed by atoms with van der Waals surface area (Å²) in [4.78, 5) is 22.1. The number of rotatable bonds is 4. The van der Waals surface area contributed by atoms with Crippen molar-refractivity contribution in [2.45, 2.75) is 0 Å². The Kier molecular flexibility index (Phi) is 5.30. The average molecular weight is 430 g/mol. The fourth-order valence-corrected chi connectivity index (χ4v) is 4.70. The number of carbonyl (C=O) groups is 1. The summed E-state index contributed by atoms with van der Waals surface area (Å²) in [6, 6.07) is 20.0. The molecule has 31 heavy (non-hydrogen) atoms. The first-order valence-corrected chi connectivity index (χ1v) is 11.3. The molecular formula is C25H23N3O2S. The third-order valence-electron chi connectivity index (χ3n) is 5.75. The normalized spacial score (nSPS) is 14.1. The van der Waals surface area contributed by atoms with Crippen LogP contribution in [0.15, 0.2) is 71.4 Å². The number of ether oxygens (including phenoxy) is 1. The molecular weight excluding hydrogens is 406 g/mol. The lowest BCUT2D eigenvalue weighted by Crippen LogP contribution is -2.49. The van der Waals surface area contributed by atoms with Crippen molar-refractivity contribution in [3.63, 3.8) is 0 Å². The first kappa shape index (κ1) is 19.6. The zero-order chi connectivity index (χ0) is 21.2. The molecule has 2 aromatic carbocycles. The Morgan fingerprint density at radius 3 is 2.61 bits per heavy atom. The highest BCUT2D eigenvalue weighted by molar-refractivity contribution is 7.08. The minimum absolute atomic E-state index is 0.0461. The molecule has 4 aromatic rings. The van der Waals surface area contributed by atoms with Crippen LogP contribution < -0.4 is 9.64 Å². The maximum Gasteiger partial charge on any atom is 0.254 e. The van der Waals surface area contributed by atoms with Gasteiger partial charge in [-0.2, -0.15) is 11.3 Å². The number of thiophene rings is 1. The number of aromatic nitrogens is 1. The summed E-state index contributed by atoms with van der Waals surface area (Å²) in [6.45, 7) is 2.85. The standard InChI is InChI=1S/C25H23N3O2S/c1-30-21-6-2-5-19(16-21)25(29)28-13-11-27(12-14-28)23-9-8-18-4-3-7-22(24(18)26-23)20-10-15-31-17-20/h2-10,15-17H,11-14H2,1H3. The Morgan fingerprint density at radius 1 is 1.00 bits per heavy atom. The van der Waals surface area contributed by atoms with Crippen molar-refractivity contribution in [1.29, 1.82) is 0 Å². The molecule has 0 atom stereocenters. The Hall–Kier alpha value is -3.38. The Morgan fingerprint density at radius 2 is 1.84 bits per heavy atom. The van der Waals surface area contributed by atoms with Gasteiger partial charge in [0.1, 0.15) is 11.6 Å². The van der Waals surface area contributed by atoms with Crippen LogP contribution in [-0.2, 0) is 0 Å². The molecule has 1 aliphatic rings. The molecule has 2 aromatic heterocycles. The molecule has 0 unspecified atom stereocenters. The molecule has 1 amide bonds. The Labute approximate surface area is 185 Å². The van der Waals surface area contributed by atoms with E-state index in [2.05, 4.69) is 52.1 Å². The van der Waals surface area contributed by atoms with Crippen molar-refractivity contribution in [2.75, 3.05) is 38.2 Å². The predicted octanol–water partition coefficient (Wildman–Crippen LogP) is 4.93. The molecule has 0 bridgehead atoms. The first-order chi connectivity index (χ1) is 15.2. The molecule has 156 valence electrons. The van der Waals surface area contributed by atoms with E-state index in [1.807, 2.05) is 23.1 Å². The maximum atomic E-state index is 12.9. The van der Waals surface area contributed by atoms with Crippen LogP contribution in [0.25, 0.3) is 22.0 Å². The molecule has 0 radical (unpaired) electrons. The molecule has 1 fully saturated rings. The number of piperazine rings is 1. The molecule has 6 heteroatoms. The molecule has 5 rings (SSSR count). The molecule has 0 N–H and O–H groups in total. The summed E-state index contributed by atoms with van der Waals surface area (Å²) in [5.74, 6) is 1.71. The minimum atomic E-state index is 0.0461. The Balaban J connectivity index is 1.34. The second-order valence-corrected chi connectivity index (χ2v) is 8.35. The van der Waals surface area contributed by atoms with Crippen molar-refractivity contribution in [3.05, 3.63) is 77.0 Å². The monoisotopic (exact) mass is 429 g/mol. The quantitative estimate of drug-likeness (QED) is 0.461. The molecule has 5 nitrogen and oxygen atoms in total. The van der Waals surface area contributed by atoms with E-state index in [-0.39, 0.29) is 5.91 Å². The molecule has 0 spiro atoms. The van der Waals surface area contributed by atoms with Gasteiger partial charge in [-0.1, -0.05) is 24.3 Å². The predicted molar refractivity (Wildman–Crippen MR) is 126 cm³/mol. The highest BCUT2D eigenvalue weighted by atomic mass is 32.1. The number of fused-ring (bicyclic) bond motifs is 1. The second kappa shape index (κ2) is 8.40. The number of amides is 1. The van der Waals surface area contributed by atoms with E-state index in [0.717, 1.165) is 35.4 Å². The molecule has 0 aliphatic carbocycles. The smallest absolute Gasteiger partial charge is 0.254 e. The van der Waals surface area contributed by atoms with E-state index in [1.54, 1.807) is 24.5 Å². The molecule has 1 saturated heterocycles. The third kappa shape index (κ3) is 3.86. The zero-order valence-electron chi connectivity index (χ0n) is 17.3. The first-order valence-electron chi connectivity index (χ1n) is 10.3. The third-order valence-corrected chi connectivity index (χ3v) is 6.43. The van der Waals surface area contributed by atoms with Crippen LogP contribution in [0.4, 0.5) is 5.82 Å². The van der Waals surface area contributed by atoms with Gasteiger partial charge in [0.15, 0.2) is 0 Å². The van der Waals surface area contributed by atoms with Gasteiger partial charge in [-0.3, -0.25) is 4.79 Å². The number of hydrogen-bond donors (Lipinski definition) is 0. The van der Waals surface area contributed by atoms with E-state index >= 15 is 0 Å². The number of para-hydroxylation sites is 1. The van der Waals surface area contributed by atoms with Gasteiger partial charge in [-0.05, 0) is 52.7 Å². The van der Waals surface area contributed by atoms with Crippen LogP contribution in [-0.4, -0.2) is 49.1 Å². The summed E-state index contributed by atoms with van der Waals surface area (Å²) < 4.78 is 5.25. The summed E-state index contributed by atoms with van der Waals surface area (Å²) in [6.07, 6.45) is 0. The topological polar surface area (TPSA) is 45.7 Å². The largest absolute Gasteiger partial charge is 0.497 e. The van der Waals surface area contributed by atoms with Crippen LogP contribution in [0.2, 0.25) is 0 Å². The Bertz CT molecular complexity index is 1210. The summed E-state index contributed by atoms with van der Waals surface area (Å²) in [7, 11) is 1.61. The highest BCUT2D eigenvalue weighted by Crippen LogP contribution is 2.30. The van der Waals surface area contributed by atoms with Gasteiger partial charge in [0.05, 0.1) is 12.6 Å². The van der Waals surface area contributed by atoms with E-state index < -0.39 is 0 Å². The number of benzene rings is 2. The lowest BCUT2D eigenvalue weighted by Gasteiger charge is -2.35. The van der Waals surface area contributed by atoms with Crippen molar-refractivity contribution in [1.82, 2.24) is 9.88 Å². The highest BCUT2D eigenvalue weighted by Gasteiger charge is 2.23. The van der Waals surface area contributed by atoms with E-state index in [4.69, 9.17) is 9.72 Å². The van der Waals surface area contributed by atoms with Crippen LogP contribution in [0.1, 0.15) is 10.4 Å². The number of pyridine rings is 1. The number of nitrogens with zero attached hydrogens (tertiary/aromatic N) is 3. The number of hydrogen-bond acceptors (Lipinski definition) is 5. The van der Waals surface area contributed by atoms with Crippen LogP contribution in [0.5, 0.6) is 5.75 Å². The number of methoxy groups -OCH3 is 1. The zero-order valence-corrected chi connectivity index (χ0v) is 18.1. The van der Waals surface area contributed by atoms with Crippen molar-refractivity contribution in [3.8, 4) is 16.9 Å². The number of carbonyl (C=O) groups excluding carboxylic acids is 1.